The van der Waals surface area contributed by atoms with Crippen molar-refractivity contribution in [3.63, 3.8) is 0 Å². The highest BCUT2D eigenvalue weighted by molar-refractivity contribution is 4.88. The van der Waals surface area contributed by atoms with Crippen LogP contribution in [0.4, 0.5) is 0 Å². The van der Waals surface area contributed by atoms with Gasteiger partial charge < -0.3 is 11.1 Å². The minimum Gasteiger partial charge on any atom is -0.327 e. The first-order chi connectivity index (χ1) is 7.20. The Balaban J connectivity index is 2.68. The fourth-order valence-corrected chi connectivity index (χ4v) is 3.11. The van der Waals surface area contributed by atoms with E-state index in [-0.39, 0.29) is 5.54 Å². The molecule has 0 spiro atoms. The van der Waals surface area contributed by atoms with Crippen LogP contribution in [0.15, 0.2) is 0 Å². The highest BCUT2D eigenvalue weighted by atomic mass is 15.0. The lowest BCUT2D eigenvalue weighted by molar-refractivity contribution is 0.180. The Bertz CT molecular complexity index is 199. The van der Waals surface area contributed by atoms with Crippen LogP contribution in [0, 0.1) is 11.3 Å². The average Bonchev–Trinajstić information content (AvgIpc) is 2.09. The van der Waals surface area contributed by atoms with Crippen molar-refractivity contribution in [1.29, 1.82) is 0 Å². The smallest absolute Gasteiger partial charge is 0.0168 e. The molecule has 96 valence electrons. The molecule has 0 bridgehead atoms. The zero-order chi connectivity index (χ0) is 12.4. The SMILES string of the molecule is CC1CCC(C)(C)CC(C)(C)NCC(N)C1. The molecule has 0 radical (unpaired) electrons. The van der Waals surface area contributed by atoms with Crippen LogP contribution in [0.5, 0.6) is 0 Å². The standard InChI is InChI=1S/C14H30N2/c1-11-6-7-13(2,3)10-14(4,5)16-9-12(15)8-11/h11-12,16H,6-10,15H2,1-5H3. The Labute approximate surface area is 101 Å². The maximum atomic E-state index is 6.14. The highest BCUT2D eigenvalue weighted by Crippen LogP contribution is 2.34. The summed E-state index contributed by atoms with van der Waals surface area (Å²) in [6.07, 6.45) is 5.00. The summed E-state index contributed by atoms with van der Waals surface area (Å²) in [6.45, 7) is 12.7. The van der Waals surface area contributed by atoms with E-state index < -0.39 is 0 Å². The van der Waals surface area contributed by atoms with Gasteiger partial charge in [0.1, 0.15) is 0 Å². The predicted molar refractivity (Wildman–Crippen MR) is 71.5 cm³/mol. The van der Waals surface area contributed by atoms with Crippen molar-refractivity contribution in [2.24, 2.45) is 17.1 Å². The van der Waals surface area contributed by atoms with Gasteiger partial charge in [-0.25, -0.2) is 0 Å². The average molecular weight is 226 g/mol. The lowest BCUT2D eigenvalue weighted by Crippen LogP contribution is -2.49. The van der Waals surface area contributed by atoms with Gasteiger partial charge in [-0.15, -0.1) is 0 Å². The van der Waals surface area contributed by atoms with Crippen LogP contribution in [0.25, 0.3) is 0 Å². The Kier molecular flexibility index (Phi) is 4.42. The van der Waals surface area contributed by atoms with E-state index in [0.717, 1.165) is 18.9 Å². The molecule has 1 saturated heterocycles. The van der Waals surface area contributed by atoms with Crippen molar-refractivity contribution in [2.75, 3.05) is 6.54 Å². The number of hydrogen-bond acceptors (Lipinski definition) is 2. The quantitative estimate of drug-likeness (QED) is 0.666. The minimum atomic E-state index is 0.210. The molecule has 2 heteroatoms. The summed E-state index contributed by atoms with van der Waals surface area (Å²) in [6, 6.07) is 0.315. The zero-order valence-electron chi connectivity index (χ0n) is 11.8. The molecule has 0 saturated carbocycles. The summed E-state index contributed by atoms with van der Waals surface area (Å²) in [5, 5.41) is 3.63. The van der Waals surface area contributed by atoms with Gasteiger partial charge in [-0.1, -0.05) is 27.2 Å². The fraction of sp³-hybridized carbons (Fsp3) is 1.00. The normalized spacial score (nSPS) is 35.6. The van der Waals surface area contributed by atoms with Gasteiger partial charge in [0.2, 0.25) is 0 Å². The monoisotopic (exact) mass is 226 g/mol. The number of rotatable bonds is 0. The van der Waals surface area contributed by atoms with Gasteiger partial charge in [-0.05, 0) is 44.4 Å². The zero-order valence-corrected chi connectivity index (χ0v) is 11.8. The minimum absolute atomic E-state index is 0.210. The van der Waals surface area contributed by atoms with Gasteiger partial charge in [-0.2, -0.15) is 0 Å². The van der Waals surface area contributed by atoms with E-state index in [2.05, 4.69) is 39.9 Å². The van der Waals surface area contributed by atoms with Gasteiger partial charge in [0, 0.05) is 18.1 Å². The fourth-order valence-electron chi connectivity index (χ4n) is 3.11. The topological polar surface area (TPSA) is 38.0 Å². The number of hydrogen-bond donors (Lipinski definition) is 2. The molecule has 1 rings (SSSR count). The summed E-state index contributed by atoms with van der Waals surface area (Å²) in [5.41, 5.74) is 6.79. The number of nitrogens with two attached hydrogens (primary N) is 1. The second-order valence-corrected chi connectivity index (χ2v) is 7.25. The second-order valence-electron chi connectivity index (χ2n) is 7.25. The molecule has 0 aromatic rings. The molecule has 1 heterocycles. The van der Waals surface area contributed by atoms with Crippen molar-refractivity contribution < 1.29 is 0 Å². The molecule has 2 unspecified atom stereocenters. The molecule has 0 amide bonds. The van der Waals surface area contributed by atoms with Crippen molar-refractivity contribution in [1.82, 2.24) is 5.32 Å². The van der Waals surface area contributed by atoms with Gasteiger partial charge in [0.05, 0.1) is 0 Å². The first kappa shape index (κ1) is 14.0. The summed E-state index contributed by atoms with van der Waals surface area (Å²) >= 11 is 0. The lowest BCUT2D eigenvalue weighted by atomic mass is 9.74. The highest BCUT2D eigenvalue weighted by Gasteiger charge is 2.30. The second kappa shape index (κ2) is 5.05. The molecule has 2 atom stereocenters. The van der Waals surface area contributed by atoms with Crippen molar-refractivity contribution in [2.45, 2.75) is 71.9 Å². The Morgan fingerprint density at radius 1 is 1.19 bits per heavy atom. The molecule has 0 aromatic heterocycles. The van der Waals surface area contributed by atoms with Crippen LogP contribution in [0.1, 0.15) is 60.3 Å². The van der Waals surface area contributed by atoms with E-state index in [1.165, 1.54) is 19.3 Å². The molecule has 1 fully saturated rings. The Morgan fingerprint density at radius 3 is 2.44 bits per heavy atom. The summed E-state index contributed by atoms with van der Waals surface area (Å²) in [5.74, 6) is 0.761. The first-order valence-electron chi connectivity index (χ1n) is 6.71. The third-order valence-electron chi connectivity index (χ3n) is 3.78. The summed E-state index contributed by atoms with van der Waals surface area (Å²) < 4.78 is 0. The van der Waals surface area contributed by atoms with Gasteiger partial charge in [0.15, 0.2) is 0 Å². The molecule has 16 heavy (non-hydrogen) atoms. The van der Waals surface area contributed by atoms with Crippen LogP contribution < -0.4 is 11.1 Å². The van der Waals surface area contributed by atoms with E-state index in [4.69, 9.17) is 5.73 Å². The molecule has 2 nitrogen and oxygen atoms in total. The molecule has 0 aromatic carbocycles. The van der Waals surface area contributed by atoms with E-state index in [1.807, 2.05) is 0 Å². The van der Waals surface area contributed by atoms with Crippen molar-refractivity contribution in [3.05, 3.63) is 0 Å². The van der Waals surface area contributed by atoms with E-state index in [0.29, 0.717) is 11.5 Å². The molecular formula is C14H30N2. The largest absolute Gasteiger partial charge is 0.327 e. The first-order valence-corrected chi connectivity index (χ1v) is 6.71. The van der Waals surface area contributed by atoms with Crippen LogP contribution >= 0.6 is 0 Å². The van der Waals surface area contributed by atoms with Crippen molar-refractivity contribution >= 4 is 0 Å². The predicted octanol–water partition coefficient (Wildman–Crippen LogP) is 2.92. The molecule has 0 aliphatic carbocycles. The van der Waals surface area contributed by atoms with E-state index >= 15 is 0 Å². The van der Waals surface area contributed by atoms with E-state index in [9.17, 15) is 0 Å². The molecule has 3 N–H and O–H groups in total. The van der Waals surface area contributed by atoms with Crippen molar-refractivity contribution in [3.8, 4) is 0 Å². The lowest BCUT2D eigenvalue weighted by Gasteiger charge is -2.38. The molecular weight excluding hydrogens is 196 g/mol. The third kappa shape index (κ3) is 4.84. The number of nitrogens with one attached hydrogen (secondary N) is 1. The van der Waals surface area contributed by atoms with Crippen LogP contribution in [0.3, 0.4) is 0 Å². The van der Waals surface area contributed by atoms with Crippen LogP contribution in [-0.4, -0.2) is 18.1 Å². The maximum Gasteiger partial charge on any atom is 0.0168 e. The third-order valence-corrected chi connectivity index (χ3v) is 3.78. The van der Waals surface area contributed by atoms with E-state index in [1.54, 1.807) is 0 Å². The van der Waals surface area contributed by atoms with Crippen LogP contribution in [0.2, 0.25) is 0 Å². The van der Waals surface area contributed by atoms with Gasteiger partial charge in [0.25, 0.3) is 0 Å². The maximum absolute atomic E-state index is 6.14. The van der Waals surface area contributed by atoms with Crippen LogP contribution in [-0.2, 0) is 0 Å². The summed E-state index contributed by atoms with van der Waals surface area (Å²) in [7, 11) is 0. The Morgan fingerprint density at radius 2 is 1.81 bits per heavy atom. The van der Waals surface area contributed by atoms with Gasteiger partial charge in [-0.3, -0.25) is 0 Å². The molecule has 1 aliphatic heterocycles. The summed E-state index contributed by atoms with van der Waals surface area (Å²) in [4.78, 5) is 0. The molecule has 1 aliphatic rings. The van der Waals surface area contributed by atoms with Gasteiger partial charge >= 0.3 is 0 Å². The Hall–Kier alpha value is -0.0800.